The molecule has 0 fully saturated rings. The molecular weight excluding hydrogens is 326 g/mol. The van der Waals surface area contributed by atoms with Crippen LogP contribution in [0.25, 0.3) is 0 Å². The largest absolute Gasteiger partial charge is 0.370 e. The second-order valence-corrected chi connectivity index (χ2v) is 5.96. The van der Waals surface area contributed by atoms with Crippen molar-refractivity contribution in [3.05, 3.63) is 51.9 Å². The summed E-state index contributed by atoms with van der Waals surface area (Å²) >= 11 is 3.59. The second kappa shape index (κ2) is 8.13. The Labute approximate surface area is 135 Å². The third-order valence-electron chi connectivity index (χ3n) is 3.19. The van der Waals surface area contributed by atoms with Crippen molar-refractivity contribution in [3.63, 3.8) is 0 Å². The van der Waals surface area contributed by atoms with Gasteiger partial charge in [-0.2, -0.15) is 0 Å². The van der Waals surface area contributed by atoms with Crippen molar-refractivity contribution in [1.82, 2.24) is 9.97 Å². The SMILES string of the molecule is CCCNc1cc(CCC)nc(Cc2ccccc2Br)n1. The van der Waals surface area contributed by atoms with Crippen molar-refractivity contribution >= 4 is 21.7 Å². The lowest BCUT2D eigenvalue weighted by Crippen LogP contribution is -2.08. The summed E-state index contributed by atoms with van der Waals surface area (Å²) in [4.78, 5) is 9.34. The highest BCUT2D eigenvalue weighted by molar-refractivity contribution is 9.10. The molecule has 2 aromatic rings. The van der Waals surface area contributed by atoms with Crippen LogP contribution < -0.4 is 5.32 Å². The summed E-state index contributed by atoms with van der Waals surface area (Å²) < 4.78 is 1.11. The number of aryl methyl sites for hydroxylation is 1. The monoisotopic (exact) mass is 347 g/mol. The average Bonchev–Trinajstić information content (AvgIpc) is 2.48. The summed E-state index contributed by atoms with van der Waals surface area (Å²) in [6.45, 7) is 5.27. The van der Waals surface area contributed by atoms with E-state index >= 15 is 0 Å². The summed E-state index contributed by atoms with van der Waals surface area (Å²) in [5.74, 6) is 1.82. The molecule has 4 heteroatoms. The van der Waals surface area contributed by atoms with Gasteiger partial charge in [0.05, 0.1) is 0 Å². The van der Waals surface area contributed by atoms with Crippen LogP contribution in [-0.4, -0.2) is 16.5 Å². The number of rotatable bonds is 7. The highest BCUT2D eigenvalue weighted by atomic mass is 79.9. The maximum Gasteiger partial charge on any atom is 0.135 e. The zero-order valence-corrected chi connectivity index (χ0v) is 14.3. The van der Waals surface area contributed by atoms with Crippen molar-refractivity contribution in [2.75, 3.05) is 11.9 Å². The summed E-state index contributed by atoms with van der Waals surface area (Å²) in [6, 6.07) is 10.3. The molecule has 0 saturated carbocycles. The van der Waals surface area contributed by atoms with Gasteiger partial charge in [-0.15, -0.1) is 0 Å². The lowest BCUT2D eigenvalue weighted by atomic mass is 10.1. The van der Waals surface area contributed by atoms with E-state index in [1.165, 1.54) is 5.56 Å². The summed E-state index contributed by atoms with van der Waals surface area (Å²) in [6.07, 6.45) is 3.93. The minimum atomic E-state index is 0.750. The fourth-order valence-corrected chi connectivity index (χ4v) is 2.60. The lowest BCUT2D eigenvalue weighted by Gasteiger charge is -2.10. The van der Waals surface area contributed by atoms with Crippen LogP contribution in [0, 0.1) is 0 Å². The van der Waals surface area contributed by atoms with E-state index in [0.717, 1.165) is 54.0 Å². The van der Waals surface area contributed by atoms with E-state index in [4.69, 9.17) is 4.98 Å². The number of aromatic nitrogens is 2. The van der Waals surface area contributed by atoms with Gasteiger partial charge in [-0.3, -0.25) is 0 Å². The van der Waals surface area contributed by atoms with Crippen molar-refractivity contribution in [2.45, 2.75) is 39.5 Å². The quantitative estimate of drug-likeness (QED) is 0.794. The first kappa shape index (κ1) is 16.0. The maximum atomic E-state index is 4.70. The zero-order valence-electron chi connectivity index (χ0n) is 12.7. The Morgan fingerprint density at radius 2 is 1.90 bits per heavy atom. The van der Waals surface area contributed by atoms with Crippen LogP contribution in [0.5, 0.6) is 0 Å². The molecule has 1 N–H and O–H groups in total. The Hall–Kier alpha value is -1.42. The van der Waals surface area contributed by atoms with Gasteiger partial charge in [0.2, 0.25) is 0 Å². The van der Waals surface area contributed by atoms with Gasteiger partial charge in [0.25, 0.3) is 0 Å². The number of nitrogens with zero attached hydrogens (tertiary/aromatic N) is 2. The lowest BCUT2D eigenvalue weighted by molar-refractivity contribution is 0.838. The van der Waals surface area contributed by atoms with Crippen LogP contribution in [0.15, 0.2) is 34.8 Å². The van der Waals surface area contributed by atoms with E-state index in [0.29, 0.717) is 0 Å². The number of nitrogens with one attached hydrogen (secondary N) is 1. The molecule has 0 atom stereocenters. The van der Waals surface area contributed by atoms with Crippen molar-refractivity contribution in [3.8, 4) is 0 Å². The molecule has 0 bridgehead atoms. The molecule has 0 radical (unpaired) electrons. The molecule has 0 amide bonds. The van der Waals surface area contributed by atoms with Crippen LogP contribution in [0.2, 0.25) is 0 Å². The molecule has 1 aromatic heterocycles. The van der Waals surface area contributed by atoms with E-state index in [-0.39, 0.29) is 0 Å². The van der Waals surface area contributed by atoms with Crippen LogP contribution >= 0.6 is 15.9 Å². The zero-order chi connectivity index (χ0) is 15.1. The highest BCUT2D eigenvalue weighted by Crippen LogP contribution is 2.19. The van der Waals surface area contributed by atoms with Gasteiger partial charge < -0.3 is 5.32 Å². The Kier molecular flexibility index (Phi) is 6.18. The standard InChI is InChI=1S/C17H22BrN3/c1-3-7-14-12-16(19-10-4-2)21-17(20-14)11-13-8-5-6-9-15(13)18/h5-6,8-9,12H,3-4,7,10-11H2,1-2H3,(H,19,20,21). The molecule has 0 aliphatic carbocycles. The predicted octanol–water partition coefficient (Wildman–Crippen LogP) is 4.60. The summed E-state index contributed by atoms with van der Waals surface area (Å²) in [5.41, 5.74) is 2.33. The Bertz CT molecular complexity index is 584. The van der Waals surface area contributed by atoms with Crippen LogP contribution in [0.3, 0.4) is 0 Å². The van der Waals surface area contributed by atoms with E-state index in [1.807, 2.05) is 12.1 Å². The molecule has 2 rings (SSSR count). The average molecular weight is 348 g/mol. The molecule has 21 heavy (non-hydrogen) atoms. The van der Waals surface area contributed by atoms with E-state index < -0.39 is 0 Å². The third kappa shape index (κ3) is 4.81. The Morgan fingerprint density at radius 1 is 1.10 bits per heavy atom. The normalized spacial score (nSPS) is 10.6. The maximum absolute atomic E-state index is 4.70. The fraction of sp³-hybridized carbons (Fsp3) is 0.412. The molecule has 1 heterocycles. The van der Waals surface area contributed by atoms with E-state index in [1.54, 1.807) is 0 Å². The van der Waals surface area contributed by atoms with Crippen molar-refractivity contribution in [2.24, 2.45) is 0 Å². The number of anilines is 1. The third-order valence-corrected chi connectivity index (χ3v) is 3.97. The molecule has 3 nitrogen and oxygen atoms in total. The summed E-state index contributed by atoms with van der Waals surface area (Å²) in [5, 5.41) is 3.37. The molecule has 0 aliphatic heterocycles. The van der Waals surface area contributed by atoms with Gasteiger partial charge in [-0.25, -0.2) is 9.97 Å². The first-order chi connectivity index (χ1) is 10.2. The number of hydrogen-bond donors (Lipinski definition) is 1. The molecule has 0 saturated heterocycles. The topological polar surface area (TPSA) is 37.8 Å². The minimum Gasteiger partial charge on any atom is -0.370 e. The minimum absolute atomic E-state index is 0.750. The molecule has 0 unspecified atom stereocenters. The van der Waals surface area contributed by atoms with Gasteiger partial charge >= 0.3 is 0 Å². The molecule has 0 aliphatic rings. The molecule has 1 aromatic carbocycles. The molecule has 0 spiro atoms. The van der Waals surface area contributed by atoms with Crippen LogP contribution in [0.1, 0.15) is 43.8 Å². The van der Waals surface area contributed by atoms with Gasteiger partial charge in [0.1, 0.15) is 11.6 Å². The number of benzene rings is 1. The van der Waals surface area contributed by atoms with Crippen molar-refractivity contribution in [1.29, 1.82) is 0 Å². The molecule has 112 valence electrons. The van der Waals surface area contributed by atoms with Crippen LogP contribution in [0.4, 0.5) is 5.82 Å². The van der Waals surface area contributed by atoms with Gasteiger partial charge in [-0.05, 0) is 24.5 Å². The van der Waals surface area contributed by atoms with Gasteiger partial charge in [0, 0.05) is 29.2 Å². The van der Waals surface area contributed by atoms with Crippen molar-refractivity contribution < 1.29 is 0 Å². The first-order valence-electron chi connectivity index (χ1n) is 7.57. The second-order valence-electron chi connectivity index (χ2n) is 5.11. The summed E-state index contributed by atoms with van der Waals surface area (Å²) in [7, 11) is 0. The Balaban J connectivity index is 2.24. The number of halogens is 1. The van der Waals surface area contributed by atoms with Gasteiger partial charge in [-0.1, -0.05) is 54.4 Å². The molecular formula is C17H22BrN3. The highest BCUT2D eigenvalue weighted by Gasteiger charge is 2.07. The fourth-order valence-electron chi connectivity index (χ4n) is 2.17. The van der Waals surface area contributed by atoms with E-state index in [9.17, 15) is 0 Å². The van der Waals surface area contributed by atoms with E-state index in [2.05, 4.69) is 58.3 Å². The van der Waals surface area contributed by atoms with Gasteiger partial charge in [0.15, 0.2) is 0 Å². The first-order valence-corrected chi connectivity index (χ1v) is 8.36. The number of hydrogen-bond acceptors (Lipinski definition) is 3. The smallest absolute Gasteiger partial charge is 0.135 e. The predicted molar refractivity (Wildman–Crippen MR) is 91.8 cm³/mol. The van der Waals surface area contributed by atoms with Crippen LogP contribution in [-0.2, 0) is 12.8 Å². The Morgan fingerprint density at radius 3 is 2.62 bits per heavy atom.